The average Bonchev–Trinajstić information content (AvgIpc) is 3.13. The highest BCUT2D eigenvalue weighted by Gasteiger charge is 2.17. The highest BCUT2D eigenvalue weighted by molar-refractivity contribution is 5.95. The molecule has 0 fully saturated rings. The third-order valence-corrected chi connectivity index (χ3v) is 4.73. The molecule has 6 heteroatoms. The minimum Gasteiger partial charge on any atom is -0.495 e. The molecule has 2 N–H and O–H groups in total. The first-order valence-electron chi connectivity index (χ1n) is 9.38. The summed E-state index contributed by atoms with van der Waals surface area (Å²) >= 11 is 0. The summed E-state index contributed by atoms with van der Waals surface area (Å²) in [6.07, 6.45) is 2.94. The number of nitrogens with zero attached hydrogens (tertiary/aromatic N) is 1. The van der Waals surface area contributed by atoms with Gasteiger partial charge in [-0.25, -0.2) is 0 Å². The van der Waals surface area contributed by atoms with Crippen molar-refractivity contribution >= 4 is 28.4 Å². The zero-order valence-corrected chi connectivity index (χ0v) is 16.2. The third-order valence-electron chi connectivity index (χ3n) is 4.73. The Labute approximate surface area is 164 Å². The van der Waals surface area contributed by atoms with Gasteiger partial charge in [0.15, 0.2) is 0 Å². The molecular formula is C22H25N3O3. The molecule has 3 rings (SSSR count). The molecule has 0 bridgehead atoms. The third kappa shape index (κ3) is 4.52. The van der Waals surface area contributed by atoms with E-state index in [0.717, 1.165) is 16.5 Å². The number of hydrogen-bond donors (Lipinski definition) is 2. The standard InChI is InChI=1S/C22H25N3O3/c1-3-25(15-21(26)24-19-10-6-7-11-20(19)28-2)22(27)13-12-16-14-23-18-9-5-4-8-17(16)18/h4-11,14,23H,3,12-13,15H2,1-2H3,(H,24,26). The van der Waals surface area contributed by atoms with Crippen LogP contribution in [0.5, 0.6) is 5.75 Å². The van der Waals surface area contributed by atoms with Crippen LogP contribution in [0, 0.1) is 0 Å². The lowest BCUT2D eigenvalue weighted by atomic mass is 10.1. The zero-order valence-electron chi connectivity index (χ0n) is 16.2. The van der Waals surface area contributed by atoms with Crippen molar-refractivity contribution in [3.63, 3.8) is 0 Å². The lowest BCUT2D eigenvalue weighted by molar-refractivity contribution is -0.134. The summed E-state index contributed by atoms with van der Waals surface area (Å²) in [6.45, 7) is 2.37. The van der Waals surface area contributed by atoms with Gasteiger partial charge in [0.05, 0.1) is 19.3 Å². The Morgan fingerprint density at radius 2 is 1.86 bits per heavy atom. The van der Waals surface area contributed by atoms with Gasteiger partial charge in [0, 0.05) is 30.1 Å². The fraction of sp³-hybridized carbons (Fsp3) is 0.273. The average molecular weight is 379 g/mol. The number of para-hydroxylation sites is 3. The molecule has 0 radical (unpaired) electrons. The second-order valence-corrected chi connectivity index (χ2v) is 6.52. The van der Waals surface area contributed by atoms with Crippen molar-refractivity contribution < 1.29 is 14.3 Å². The summed E-state index contributed by atoms with van der Waals surface area (Å²) < 4.78 is 5.24. The van der Waals surface area contributed by atoms with E-state index in [4.69, 9.17) is 4.74 Å². The topological polar surface area (TPSA) is 74.4 Å². The van der Waals surface area contributed by atoms with Crippen LogP contribution < -0.4 is 10.1 Å². The summed E-state index contributed by atoms with van der Waals surface area (Å²) in [7, 11) is 1.55. The summed E-state index contributed by atoms with van der Waals surface area (Å²) in [5.74, 6) is 0.305. The predicted octanol–water partition coefficient (Wildman–Crippen LogP) is 3.60. The molecule has 1 heterocycles. The molecule has 0 aliphatic rings. The van der Waals surface area contributed by atoms with Gasteiger partial charge in [-0.2, -0.15) is 0 Å². The number of carbonyl (C=O) groups is 2. The number of carbonyl (C=O) groups excluding carboxylic acids is 2. The molecule has 3 aromatic rings. The number of aromatic nitrogens is 1. The van der Waals surface area contributed by atoms with Gasteiger partial charge in [-0.15, -0.1) is 0 Å². The van der Waals surface area contributed by atoms with E-state index in [0.29, 0.717) is 30.8 Å². The molecular weight excluding hydrogens is 354 g/mol. The molecule has 0 saturated carbocycles. The Balaban J connectivity index is 1.58. The van der Waals surface area contributed by atoms with Gasteiger partial charge in [-0.1, -0.05) is 30.3 Å². The molecule has 0 spiro atoms. The highest BCUT2D eigenvalue weighted by Crippen LogP contribution is 2.23. The first kappa shape index (κ1) is 19.5. The maximum atomic E-state index is 12.6. The fourth-order valence-electron chi connectivity index (χ4n) is 3.23. The van der Waals surface area contributed by atoms with Gasteiger partial charge in [-0.05, 0) is 37.1 Å². The Hall–Kier alpha value is -3.28. The van der Waals surface area contributed by atoms with Crippen LogP contribution in [0.15, 0.2) is 54.7 Å². The second-order valence-electron chi connectivity index (χ2n) is 6.52. The van der Waals surface area contributed by atoms with Crippen molar-refractivity contribution in [2.45, 2.75) is 19.8 Å². The van der Waals surface area contributed by atoms with Crippen LogP contribution >= 0.6 is 0 Å². The van der Waals surface area contributed by atoms with Crippen molar-refractivity contribution in [3.8, 4) is 5.75 Å². The Morgan fingerprint density at radius 3 is 2.64 bits per heavy atom. The van der Waals surface area contributed by atoms with Crippen LogP contribution in [0.25, 0.3) is 10.9 Å². The molecule has 0 aliphatic heterocycles. The van der Waals surface area contributed by atoms with Crippen LogP contribution in [-0.2, 0) is 16.0 Å². The number of aromatic amines is 1. The minimum atomic E-state index is -0.244. The minimum absolute atomic E-state index is 0.0151. The van der Waals surface area contributed by atoms with Crippen molar-refractivity contribution in [2.75, 3.05) is 25.5 Å². The van der Waals surface area contributed by atoms with E-state index in [1.165, 1.54) is 0 Å². The van der Waals surface area contributed by atoms with Gasteiger partial charge >= 0.3 is 0 Å². The number of fused-ring (bicyclic) bond motifs is 1. The lowest BCUT2D eigenvalue weighted by Crippen LogP contribution is -2.38. The van der Waals surface area contributed by atoms with E-state index >= 15 is 0 Å². The van der Waals surface area contributed by atoms with Gasteiger partial charge in [0.25, 0.3) is 0 Å². The summed E-state index contributed by atoms with van der Waals surface area (Å²) in [5, 5.41) is 3.94. The number of aryl methyl sites for hydroxylation is 1. The maximum absolute atomic E-state index is 12.6. The van der Waals surface area contributed by atoms with Gasteiger partial charge in [0.2, 0.25) is 11.8 Å². The molecule has 0 atom stereocenters. The number of H-pyrrole nitrogens is 1. The van der Waals surface area contributed by atoms with Crippen LogP contribution in [-0.4, -0.2) is 41.9 Å². The van der Waals surface area contributed by atoms with Gasteiger partial charge in [-0.3, -0.25) is 9.59 Å². The maximum Gasteiger partial charge on any atom is 0.244 e. The van der Waals surface area contributed by atoms with Crippen LogP contribution in [0.2, 0.25) is 0 Å². The predicted molar refractivity (Wildman–Crippen MR) is 110 cm³/mol. The number of methoxy groups -OCH3 is 1. The first-order valence-corrected chi connectivity index (χ1v) is 9.38. The van der Waals surface area contributed by atoms with E-state index < -0.39 is 0 Å². The van der Waals surface area contributed by atoms with Crippen LogP contribution in [0.3, 0.4) is 0 Å². The number of ether oxygens (including phenoxy) is 1. The molecule has 2 aromatic carbocycles. The lowest BCUT2D eigenvalue weighted by Gasteiger charge is -2.20. The molecule has 0 unspecified atom stereocenters. The largest absolute Gasteiger partial charge is 0.495 e. The monoisotopic (exact) mass is 379 g/mol. The zero-order chi connectivity index (χ0) is 19.9. The van der Waals surface area contributed by atoms with Crippen LogP contribution in [0.4, 0.5) is 5.69 Å². The molecule has 6 nitrogen and oxygen atoms in total. The van der Waals surface area contributed by atoms with Gasteiger partial charge in [0.1, 0.15) is 5.75 Å². The number of nitrogens with one attached hydrogen (secondary N) is 2. The Bertz CT molecular complexity index is 964. The van der Waals surface area contributed by atoms with Crippen molar-refractivity contribution in [2.24, 2.45) is 0 Å². The summed E-state index contributed by atoms with van der Waals surface area (Å²) in [4.78, 5) is 29.8. The summed E-state index contributed by atoms with van der Waals surface area (Å²) in [6, 6.07) is 15.2. The van der Waals surface area contributed by atoms with Crippen molar-refractivity contribution in [1.29, 1.82) is 0 Å². The van der Waals surface area contributed by atoms with E-state index in [9.17, 15) is 9.59 Å². The molecule has 146 valence electrons. The normalized spacial score (nSPS) is 10.6. The van der Waals surface area contributed by atoms with E-state index in [-0.39, 0.29) is 18.4 Å². The Kier molecular flexibility index (Phi) is 6.32. The molecule has 1 aromatic heterocycles. The molecule has 28 heavy (non-hydrogen) atoms. The molecule has 2 amide bonds. The van der Waals surface area contributed by atoms with Crippen molar-refractivity contribution in [3.05, 3.63) is 60.3 Å². The fourth-order valence-corrected chi connectivity index (χ4v) is 3.23. The van der Waals surface area contributed by atoms with E-state index in [1.54, 1.807) is 24.1 Å². The smallest absolute Gasteiger partial charge is 0.244 e. The SMILES string of the molecule is CCN(CC(=O)Nc1ccccc1OC)C(=O)CCc1c[nH]c2ccccc12. The highest BCUT2D eigenvalue weighted by atomic mass is 16.5. The number of hydrogen-bond acceptors (Lipinski definition) is 3. The summed E-state index contributed by atoms with van der Waals surface area (Å²) in [5.41, 5.74) is 2.77. The number of amides is 2. The molecule has 0 aliphatic carbocycles. The molecule has 0 saturated heterocycles. The number of likely N-dealkylation sites (N-methyl/N-ethyl adjacent to an activating group) is 1. The first-order chi connectivity index (χ1) is 13.6. The van der Waals surface area contributed by atoms with Gasteiger partial charge < -0.3 is 19.9 Å². The van der Waals surface area contributed by atoms with E-state index in [2.05, 4.69) is 10.3 Å². The number of anilines is 1. The quantitative estimate of drug-likeness (QED) is 0.628. The number of rotatable bonds is 8. The van der Waals surface area contributed by atoms with Crippen LogP contribution in [0.1, 0.15) is 18.9 Å². The Morgan fingerprint density at radius 1 is 1.11 bits per heavy atom. The van der Waals surface area contributed by atoms with E-state index in [1.807, 2.05) is 49.5 Å². The number of benzene rings is 2. The second kappa shape index (κ2) is 9.08. The van der Waals surface area contributed by atoms with Crippen molar-refractivity contribution in [1.82, 2.24) is 9.88 Å².